The highest BCUT2D eigenvalue weighted by Crippen LogP contribution is 2.09. The molecule has 2 aromatic carbocycles. The minimum Gasteiger partial charge on any atom is -0.455 e. The number of hydrogen-bond donors (Lipinski definition) is 4. The zero-order valence-corrected chi connectivity index (χ0v) is 18.0. The van der Waals surface area contributed by atoms with Gasteiger partial charge in [-0.25, -0.2) is 0 Å². The highest BCUT2D eigenvalue weighted by atomic mass is 35.5. The number of esters is 1. The molecule has 0 aliphatic carbocycles. The van der Waals surface area contributed by atoms with E-state index in [1.165, 1.54) is 48.5 Å². The van der Waals surface area contributed by atoms with Gasteiger partial charge in [0.2, 0.25) is 5.91 Å². The van der Waals surface area contributed by atoms with Crippen LogP contribution in [-0.2, 0) is 19.1 Å². The maximum Gasteiger partial charge on any atom is 0.306 e. The quantitative estimate of drug-likeness (QED) is 0.349. The van der Waals surface area contributed by atoms with Gasteiger partial charge in [0.1, 0.15) is 0 Å². The van der Waals surface area contributed by atoms with Gasteiger partial charge >= 0.3 is 5.97 Å². The first-order valence-electron chi connectivity index (χ1n) is 9.09. The van der Waals surface area contributed by atoms with Gasteiger partial charge in [0.05, 0.1) is 6.42 Å². The standard InChI is InChI=1S/C20H18Cl2N4O6/c21-14-5-1-12(2-6-14)19(30)25-23-16(27)9-10-18(29)32-11-17(28)24-26-20(31)13-3-7-15(22)8-4-13/h1-8H,9-11H2,(H,23,27)(H,24,28)(H,25,30)(H,26,31). The second-order valence-corrected chi connectivity index (χ2v) is 7.05. The highest BCUT2D eigenvalue weighted by molar-refractivity contribution is 6.31. The monoisotopic (exact) mass is 480 g/mol. The van der Waals surface area contributed by atoms with Crippen LogP contribution in [0.25, 0.3) is 0 Å². The van der Waals surface area contributed by atoms with Crippen LogP contribution < -0.4 is 21.7 Å². The molecule has 4 amide bonds. The molecule has 10 nitrogen and oxygen atoms in total. The van der Waals surface area contributed by atoms with Crippen LogP contribution in [0.4, 0.5) is 0 Å². The summed E-state index contributed by atoms with van der Waals surface area (Å²) >= 11 is 11.5. The van der Waals surface area contributed by atoms with Gasteiger partial charge < -0.3 is 4.74 Å². The smallest absolute Gasteiger partial charge is 0.306 e. The zero-order valence-electron chi connectivity index (χ0n) is 16.4. The Balaban J connectivity index is 1.60. The van der Waals surface area contributed by atoms with E-state index in [0.717, 1.165) is 0 Å². The lowest BCUT2D eigenvalue weighted by Crippen LogP contribution is -2.43. The van der Waals surface area contributed by atoms with E-state index < -0.39 is 36.2 Å². The Morgan fingerprint density at radius 3 is 1.53 bits per heavy atom. The number of ether oxygens (including phenoxy) is 1. The summed E-state index contributed by atoms with van der Waals surface area (Å²) in [5, 5.41) is 0.914. The second kappa shape index (κ2) is 12.3. The molecule has 0 saturated heterocycles. The minimum atomic E-state index is -0.816. The van der Waals surface area contributed by atoms with Gasteiger partial charge in [-0.2, -0.15) is 0 Å². The van der Waals surface area contributed by atoms with E-state index in [-0.39, 0.29) is 24.0 Å². The van der Waals surface area contributed by atoms with Gasteiger partial charge in [0.25, 0.3) is 17.7 Å². The molecule has 0 aliphatic heterocycles. The van der Waals surface area contributed by atoms with Crippen LogP contribution in [0.1, 0.15) is 33.6 Å². The van der Waals surface area contributed by atoms with Crippen molar-refractivity contribution >= 4 is 52.8 Å². The van der Waals surface area contributed by atoms with Crippen LogP contribution in [0.15, 0.2) is 48.5 Å². The largest absolute Gasteiger partial charge is 0.455 e. The summed E-state index contributed by atoms with van der Waals surface area (Å²) in [7, 11) is 0. The molecule has 0 bridgehead atoms. The van der Waals surface area contributed by atoms with E-state index >= 15 is 0 Å². The van der Waals surface area contributed by atoms with Gasteiger partial charge in [0, 0.05) is 27.6 Å². The Labute approximate surface area is 192 Å². The van der Waals surface area contributed by atoms with E-state index in [1.807, 2.05) is 0 Å². The van der Waals surface area contributed by atoms with E-state index in [9.17, 15) is 24.0 Å². The van der Waals surface area contributed by atoms with Crippen LogP contribution in [0.5, 0.6) is 0 Å². The molecule has 168 valence electrons. The molecule has 0 saturated carbocycles. The average molecular weight is 481 g/mol. The number of halogens is 2. The highest BCUT2D eigenvalue weighted by Gasteiger charge is 2.13. The molecule has 32 heavy (non-hydrogen) atoms. The molecule has 0 fully saturated rings. The SMILES string of the molecule is O=C(CCC(=O)OCC(=O)NNC(=O)c1ccc(Cl)cc1)NNC(=O)c1ccc(Cl)cc1. The van der Waals surface area contributed by atoms with Crippen molar-refractivity contribution in [3.63, 3.8) is 0 Å². The van der Waals surface area contributed by atoms with Crippen LogP contribution in [0.3, 0.4) is 0 Å². The molecule has 0 spiro atoms. The van der Waals surface area contributed by atoms with Crippen LogP contribution in [0.2, 0.25) is 10.0 Å². The number of rotatable bonds is 7. The van der Waals surface area contributed by atoms with Crippen molar-refractivity contribution < 1.29 is 28.7 Å². The van der Waals surface area contributed by atoms with Gasteiger partial charge in [-0.1, -0.05) is 23.2 Å². The number of benzene rings is 2. The molecule has 4 N–H and O–H groups in total. The van der Waals surface area contributed by atoms with Gasteiger partial charge in [-0.15, -0.1) is 0 Å². The fourth-order valence-corrected chi connectivity index (χ4v) is 2.38. The van der Waals surface area contributed by atoms with Crippen molar-refractivity contribution in [3.05, 3.63) is 69.7 Å². The molecule has 0 atom stereocenters. The number of carbonyl (C=O) groups is 5. The Morgan fingerprint density at radius 1 is 0.625 bits per heavy atom. The molecule has 2 aromatic rings. The van der Waals surface area contributed by atoms with Gasteiger partial charge in [-0.3, -0.25) is 45.7 Å². The minimum absolute atomic E-state index is 0.265. The fourth-order valence-electron chi connectivity index (χ4n) is 2.13. The summed E-state index contributed by atoms with van der Waals surface area (Å²) in [6.45, 7) is -0.658. The predicted molar refractivity (Wildman–Crippen MR) is 114 cm³/mol. The number of amides is 4. The molecule has 0 heterocycles. The maximum atomic E-state index is 11.9. The lowest BCUT2D eigenvalue weighted by atomic mass is 10.2. The fraction of sp³-hybridized carbons (Fsp3) is 0.150. The van der Waals surface area contributed by atoms with Crippen LogP contribution in [0, 0.1) is 0 Å². The van der Waals surface area contributed by atoms with E-state index in [2.05, 4.69) is 21.7 Å². The molecule has 2 rings (SSSR count). The summed E-state index contributed by atoms with van der Waals surface area (Å²) in [5.74, 6) is -3.37. The van der Waals surface area contributed by atoms with Crippen molar-refractivity contribution in [2.75, 3.05) is 6.61 Å². The van der Waals surface area contributed by atoms with Crippen molar-refractivity contribution in [1.82, 2.24) is 21.7 Å². The van der Waals surface area contributed by atoms with Crippen molar-refractivity contribution in [2.24, 2.45) is 0 Å². The van der Waals surface area contributed by atoms with E-state index in [4.69, 9.17) is 27.9 Å². The van der Waals surface area contributed by atoms with Crippen molar-refractivity contribution in [3.8, 4) is 0 Å². The maximum absolute atomic E-state index is 11.9. The Bertz CT molecular complexity index is 917. The molecular weight excluding hydrogens is 463 g/mol. The van der Waals surface area contributed by atoms with Gasteiger partial charge in [-0.05, 0) is 48.5 Å². The summed E-state index contributed by atoms with van der Waals surface area (Å²) in [4.78, 5) is 58.7. The van der Waals surface area contributed by atoms with Crippen LogP contribution in [-0.4, -0.2) is 36.2 Å². The summed E-state index contributed by atoms with van der Waals surface area (Å²) in [5.41, 5.74) is 9.12. The first kappa shape index (κ1) is 24.6. The Morgan fingerprint density at radius 2 is 1.06 bits per heavy atom. The van der Waals surface area contributed by atoms with Crippen molar-refractivity contribution in [2.45, 2.75) is 12.8 Å². The first-order valence-corrected chi connectivity index (χ1v) is 9.85. The third kappa shape index (κ3) is 8.62. The second-order valence-electron chi connectivity index (χ2n) is 6.18. The number of carbonyl (C=O) groups excluding carboxylic acids is 5. The Kier molecular flexibility index (Phi) is 9.45. The topological polar surface area (TPSA) is 143 Å². The molecule has 0 aliphatic rings. The number of hydrogen-bond acceptors (Lipinski definition) is 6. The lowest BCUT2D eigenvalue weighted by Gasteiger charge is -2.09. The third-order valence-electron chi connectivity index (χ3n) is 3.76. The summed E-state index contributed by atoms with van der Waals surface area (Å²) < 4.78 is 4.71. The van der Waals surface area contributed by atoms with E-state index in [1.54, 1.807) is 0 Å². The predicted octanol–water partition coefficient (Wildman–Crippen LogP) is 1.54. The zero-order chi connectivity index (χ0) is 23.5. The average Bonchev–Trinajstić information content (AvgIpc) is 2.79. The number of nitrogens with one attached hydrogen (secondary N) is 4. The summed E-state index contributed by atoms with van der Waals surface area (Å²) in [6.07, 6.45) is -0.609. The van der Waals surface area contributed by atoms with Gasteiger partial charge in [0.15, 0.2) is 6.61 Å². The normalized spacial score (nSPS) is 9.94. The molecule has 0 radical (unpaired) electrons. The molecule has 12 heteroatoms. The lowest BCUT2D eigenvalue weighted by molar-refractivity contribution is -0.149. The molecule has 0 unspecified atom stereocenters. The van der Waals surface area contributed by atoms with Crippen LogP contribution >= 0.6 is 23.2 Å². The first-order chi connectivity index (χ1) is 15.2. The molecule has 0 aromatic heterocycles. The molecular formula is C20H18Cl2N4O6. The Hall–Kier alpha value is -3.63. The van der Waals surface area contributed by atoms with E-state index in [0.29, 0.717) is 10.0 Å². The third-order valence-corrected chi connectivity index (χ3v) is 4.27. The summed E-state index contributed by atoms with van der Waals surface area (Å²) in [6, 6.07) is 12.0. The number of hydrazine groups is 2. The van der Waals surface area contributed by atoms with Crippen molar-refractivity contribution in [1.29, 1.82) is 0 Å².